The lowest BCUT2D eigenvalue weighted by molar-refractivity contribution is 0.0699. The molecule has 4 nitrogen and oxygen atoms in total. The smallest absolute Gasteiger partial charge is 0.337 e. The minimum absolute atomic E-state index is 0.0282. The lowest BCUT2D eigenvalue weighted by Crippen LogP contribution is -2.11. The molecule has 0 bridgehead atoms. The Morgan fingerprint density at radius 2 is 1.78 bits per heavy atom. The molecule has 1 aromatic heterocycles. The van der Waals surface area contributed by atoms with Crippen molar-refractivity contribution in [3.05, 3.63) is 59.8 Å². The Hall–Kier alpha value is -2.59. The molecule has 0 amide bonds. The number of H-pyrrole nitrogens is 1. The molecule has 1 saturated carbocycles. The number of aromatic nitrogens is 1. The minimum atomic E-state index is -0.928. The van der Waals surface area contributed by atoms with Crippen molar-refractivity contribution in [2.45, 2.75) is 18.3 Å². The van der Waals surface area contributed by atoms with Crippen molar-refractivity contribution in [3.8, 4) is 11.1 Å². The highest BCUT2D eigenvalue weighted by Gasteiger charge is 2.43. The molecule has 23 heavy (non-hydrogen) atoms. The summed E-state index contributed by atoms with van der Waals surface area (Å²) in [5, 5.41) is 19.5. The van der Waals surface area contributed by atoms with E-state index in [9.17, 15) is 15.0 Å². The SMILES string of the molecule is O=C(O)c1c[nH]c2ccc(-c3ccc(C4(CO)CC4)cc3)cc12. The Kier molecular flexibility index (Phi) is 3.03. The van der Waals surface area contributed by atoms with Gasteiger partial charge in [0, 0.05) is 22.5 Å². The fraction of sp³-hybridized carbons (Fsp3) is 0.211. The van der Waals surface area contributed by atoms with E-state index >= 15 is 0 Å². The van der Waals surface area contributed by atoms with Crippen molar-refractivity contribution >= 4 is 16.9 Å². The second-order valence-electron chi connectivity index (χ2n) is 6.28. The molecule has 1 fully saturated rings. The molecule has 0 spiro atoms. The minimum Gasteiger partial charge on any atom is -0.478 e. The average molecular weight is 307 g/mol. The largest absolute Gasteiger partial charge is 0.478 e. The molecule has 4 rings (SSSR count). The third-order valence-corrected chi connectivity index (χ3v) is 4.90. The summed E-state index contributed by atoms with van der Waals surface area (Å²) in [4.78, 5) is 14.3. The van der Waals surface area contributed by atoms with Gasteiger partial charge in [-0.3, -0.25) is 0 Å². The van der Waals surface area contributed by atoms with Crippen LogP contribution in [0.1, 0.15) is 28.8 Å². The number of aromatic amines is 1. The van der Waals surface area contributed by atoms with Gasteiger partial charge < -0.3 is 15.2 Å². The Labute approximate surface area is 133 Å². The molecule has 0 radical (unpaired) electrons. The van der Waals surface area contributed by atoms with Crippen molar-refractivity contribution in [2.24, 2.45) is 0 Å². The van der Waals surface area contributed by atoms with E-state index in [-0.39, 0.29) is 17.6 Å². The molecule has 2 aromatic carbocycles. The summed E-state index contributed by atoms with van der Waals surface area (Å²) in [5.41, 5.74) is 4.29. The molecule has 0 unspecified atom stereocenters. The van der Waals surface area contributed by atoms with Gasteiger partial charge in [0.2, 0.25) is 0 Å². The first-order valence-corrected chi connectivity index (χ1v) is 7.69. The van der Waals surface area contributed by atoms with Crippen molar-refractivity contribution in [1.82, 2.24) is 4.98 Å². The number of carboxylic acids is 1. The van der Waals surface area contributed by atoms with E-state index in [4.69, 9.17) is 0 Å². The van der Waals surface area contributed by atoms with E-state index in [1.165, 1.54) is 11.8 Å². The lowest BCUT2D eigenvalue weighted by atomic mass is 9.94. The Morgan fingerprint density at radius 1 is 1.09 bits per heavy atom. The number of aliphatic hydroxyl groups is 1. The molecular weight excluding hydrogens is 290 g/mol. The van der Waals surface area contributed by atoms with Crippen LogP contribution in [0, 0.1) is 0 Å². The van der Waals surface area contributed by atoms with E-state index in [1.807, 2.05) is 30.3 Å². The number of aliphatic hydroxyl groups excluding tert-OH is 1. The normalized spacial score (nSPS) is 15.7. The Bertz CT molecular complexity index is 889. The molecule has 1 aliphatic rings. The van der Waals surface area contributed by atoms with Gasteiger partial charge in [-0.2, -0.15) is 0 Å². The summed E-state index contributed by atoms with van der Waals surface area (Å²) >= 11 is 0. The standard InChI is InChI=1S/C19H17NO3/c21-11-19(7-8-19)14-4-1-12(2-5-14)13-3-6-17-15(9-13)16(10-20-17)18(22)23/h1-6,9-10,20-21H,7-8,11H2,(H,22,23). The van der Waals surface area contributed by atoms with Gasteiger partial charge in [-0.1, -0.05) is 30.3 Å². The lowest BCUT2D eigenvalue weighted by Gasteiger charge is -2.12. The molecule has 1 aliphatic carbocycles. The second-order valence-corrected chi connectivity index (χ2v) is 6.28. The number of aromatic carboxylic acids is 1. The van der Waals surface area contributed by atoms with E-state index in [0.717, 1.165) is 29.5 Å². The van der Waals surface area contributed by atoms with Gasteiger partial charge in [0.25, 0.3) is 0 Å². The zero-order valence-electron chi connectivity index (χ0n) is 12.5. The summed E-state index contributed by atoms with van der Waals surface area (Å²) in [6, 6.07) is 14.0. The summed E-state index contributed by atoms with van der Waals surface area (Å²) < 4.78 is 0. The van der Waals surface area contributed by atoms with Crippen LogP contribution in [0.3, 0.4) is 0 Å². The average Bonchev–Trinajstić information content (AvgIpc) is 3.26. The quantitative estimate of drug-likeness (QED) is 0.690. The van der Waals surface area contributed by atoms with Crippen molar-refractivity contribution in [1.29, 1.82) is 0 Å². The van der Waals surface area contributed by atoms with Gasteiger partial charge in [-0.25, -0.2) is 4.79 Å². The summed E-state index contributed by atoms with van der Waals surface area (Å²) in [6.45, 7) is 0.198. The second kappa shape index (κ2) is 4.96. The maximum Gasteiger partial charge on any atom is 0.337 e. The van der Waals surface area contributed by atoms with Gasteiger partial charge in [0.15, 0.2) is 0 Å². The predicted octanol–water partition coefficient (Wildman–Crippen LogP) is 3.56. The van der Waals surface area contributed by atoms with E-state index in [0.29, 0.717) is 5.39 Å². The highest BCUT2D eigenvalue weighted by Crippen LogP contribution is 2.47. The number of hydrogen-bond donors (Lipinski definition) is 3. The number of fused-ring (bicyclic) bond motifs is 1. The number of rotatable bonds is 4. The maximum atomic E-state index is 11.3. The Morgan fingerprint density at radius 3 is 2.39 bits per heavy atom. The van der Waals surface area contributed by atoms with Crippen molar-refractivity contribution in [2.75, 3.05) is 6.61 Å². The third kappa shape index (κ3) is 2.23. The third-order valence-electron chi connectivity index (χ3n) is 4.90. The molecule has 116 valence electrons. The zero-order valence-corrected chi connectivity index (χ0v) is 12.5. The monoisotopic (exact) mass is 307 g/mol. The number of carbonyl (C=O) groups is 1. The fourth-order valence-electron chi connectivity index (χ4n) is 3.18. The summed E-state index contributed by atoms with van der Waals surface area (Å²) in [7, 11) is 0. The predicted molar refractivity (Wildman–Crippen MR) is 88.7 cm³/mol. The molecule has 4 heteroatoms. The van der Waals surface area contributed by atoms with E-state index in [2.05, 4.69) is 17.1 Å². The van der Waals surface area contributed by atoms with Crippen LogP contribution in [-0.4, -0.2) is 27.8 Å². The molecule has 0 atom stereocenters. The highest BCUT2D eigenvalue weighted by molar-refractivity contribution is 6.04. The first kappa shape index (κ1) is 14.0. The van der Waals surface area contributed by atoms with Crippen LogP contribution in [0.15, 0.2) is 48.7 Å². The van der Waals surface area contributed by atoms with Gasteiger partial charge in [-0.15, -0.1) is 0 Å². The first-order valence-electron chi connectivity index (χ1n) is 7.69. The van der Waals surface area contributed by atoms with Crippen LogP contribution in [0.5, 0.6) is 0 Å². The number of nitrogens with one attached hydrogen (secondary N) is 1. The molecular formula is C19H17NO3. The number of carboxylic acid groups (broad SMARTS) is 1. The van der Waals surface area contributed by atoms with E-state index in [1.54, 1.807) is 0 Å². The van der Waals surface area contributed by atoms with Crippen LogP contribution < -0.4 is 0 Å². The summed E-state index contributed by atoms with van der Waals surface area (Å²) in [6.07, 6.45) is 3.61. The summed E-state index contributed by atoms with van der Waals surface area (Å²) in [5.74, 6) is -0.928. The van der Waals surface area contributed by atoms with Gasteiger partial charge in [0.05, 0.1) is 12.2 Å². The maximum absolute atomic E-state index is 11.3. The van der Waals surface area contributed by atoms with Crippen molar-refractivity contribution < 1.29 is 15.0 Å². The number of hydrogen-bond acceptors (Lipinski definition) is 2. The fourth-order valence-corrected chi connectivity index (χ4v) is 3.18. The van der Waals surface area contributed by atoms with Crippen LogP contribution in [0.4, 0.5) is 0 Å². The first-order chi connectivity index (χ1) is 11.1. The van der Waals surface area contributed by atoms with E-state index < -0.39 is 5.97 Å². The zero-order chi connectivity index (χ0) is 16.0. The van der Waals surface area contributed by atoms with Gasteiger partial charge in [0.1, 0.15) is 0 Å². The Balaban J connectivity index is 1.74. The molecule has 3 aromatic rings. The van der Waals surface area contributed by atoms with Gasteiger partial charge in [-0.05, 0) is 41.7 Å². The molecule has 1 heterocycles. The topological polar surface area (TPSA) is 73.3 Å². The molecule has 3 N–H and O–H groups in total. The van der Waals surface area contributed by atoms with Crippen LogP contribution in [0.25, 0.3) is 22.0 Å². The van der Waals surface area contributed by atoms with Crippen LogP contribution in [0.2, 0.25) is 0 Å². The molecule has 0 aliphatic heterocycles. The van der Waals surface area contributed by atoms with Crippen LogP contribution in [-0.2, 0) is 5.41 Å². The highest BCUT2D eigenvalue weighted by atomic mass is 16.4. The number of benzene rings is 2. The molecule has 0 saturated heterocycles. The van der Waals surface area contributed by atoms with Crippen molar-refractivity contribution in [3.63, 3.8) is 0 Å². The van der Waals surface area contributed by atoms with Gasteiger partial charge >= 0.3 is 5.97 Å². The van der Waals surface area contributed by atoms with Crippen LogP contribution >= 0.6 is 0 Å².